The largest absolute Gasteiger partial charge is 0.481 e. The van der Waals surface area contributed by atoms with Gasteiger partial charge in [0.05, 0.1) is 12.1 Å². The second kappa shape index (κ2) is 6.31. The molecule has 8 nitrogen and oxygen atoms in total. The smallest absolute Gasteiger partial charge is 0.305 e. The van der Waals surface area contributed by atoms with Gasteiger partial charge in [-0.25, -0.2) is 0 Å². The molecule has 0 saturated carbocycles. The molecule has 8 heteroatoms. The Balaban J connectivity index is 2.25. The molecule has 1 fully saturated rings. The molecule has 1 atom stereocenters. The topological polar surface area (TPSA) is 126 Å². The van der Waals surface area contributed by atoms with E-state index in [1.165, 1.54) is 17.2 Å². The van der Waals surface area contributed by atoms with Crippen LogP contribution in [0, 0.1) is 0 Å². The monoisotopic (exact) mass is 292 g/mol. The van der Waals surface area contributed by atoms with E-state index in [9.17, 15) is 14.4 Å². The van der Waals surface area contributed by atoms with Crippen LogP contribution in [0.2, 0.25) is 0 Å². The fraction of sp³-hybridized carbons (Fsp3) is 0.385. The number of carboxylic acid groups (broad SMARTS) is 1. The number of rotatable bonds is 4. The lowest BCUT2D eigenvalue weighted by Gasteiger charge is -2.34. The minimum atomic E-state index is -1.13. The maximum Gasteiger partial charge on any atom is 0.305 e. The minimum Gasteiger partial charge on any atom is -0.481 e. The van der Waals surface area contributed by atoms with Crippen molar-refractivity contribution in [2.45, 2.75) is 19.0 Å². The summed E-state index contributed by atoms with van der Waals surface area (Å²) in [6.45, 7) is 0.762. The Bertz CT molecular complexity index is 575. The van der Waals surface area contributed by atoms with Gasteiger partial charge in [-0.1, -0.05) is 0 Å². The molecule has 0 aromatic carbocycles. The molecule has 0 spiro atoms. The lowest BCUT2D eigenvalue weighted by atomic mass is 10.1. The van der Waals surface area contributed by atoms with E-state index < -0.39 is 30.2 Å². The summed E-state index contributed by atoms with van der Waals surface area (Å²) >= 11 is 0. The van der Waals surface area contributed by atoms with Gasteiger partial charge in [0.15, 0.2) is 0 Å². The van der Waals surface area contributed by atoms with Gasteiger partial charge in [0.2, 0.25) is 5.91 Å². The molecule has 0 aliphatic carbocycles. The second-order valence-electron chi connectivity index (χ2n) is 4.64. The normalized spacial score (nSPS) is 18.2. The first-order chi connectivity index (χ1) is 10.0. The van der Waals surface area contributed by atoms with Gasteiger partial charge in [-0.05, 0) is 12.1 Å². The lowest BCUT2D eigenvalue weighted by molar-refractivity contribution is -0.142. The number of carbonyl (C=O) groups excluding carboxylic acids is 2. The number of hydrogen-bond donors (Lipinski definition) is 3. The van der Waals surface area contributed by atoms with E-state index in [2.05, 4.69) is 10.3 Å². The molecular formula is C13H16N4O4. The average molecular weight is 292 g/mol. The van der Waals surface area contributed by atoms with Crippen molar-refractivity contribution in [2.75, 3.05) is 13.1 Å². The zero-order valence-electron chi connectivity index (χ0n) is 11.3. The number of aliphatic carboxylic acids is 1. The van der Waals surface area contributed by atoms with Gasteiger partial charge >= 0.3 is 5.97 Å². The molecular weight excluding hydrogens is 276 g/mol. The van der Waals surface area contributed by atoms with Gasteiger partial charge < -0.3 is 21.1 Å². The number of nitrogens with zero attached hydrogens (tertiary/aromatic N) is 2. The quantitative estimate of drug-likeness (QED) is 0.650. The predicted octanol–water partition coefficient (Wildman–Crippen LogP) is -1.04. The summed E-state index contributed by atoms with van der Waals surface area (Å²) in [5.41, 5.74) is 6.38. The van der Waals surface area contributed by atoms with Crippen LogP contribution in [0.4, 0.5) is 0 Å². The number of carboxylic acids is 1. The lowest BCUT2D eigenvalue weighted by Crippen LogP contribution is -2.57. The predicted molar refractivity (Wildman–Crippen MR) is 72.2 cm³/mol. The summed E-state index contributed by atoms with van der Waals surface area (Å²) in [6, 6.07) is 2.07. The van der Waals surface area contributed by atoms with Crippen LogP contribution >= 0.6 is 0 Å². The first kappa shape index (κ1) is 14.9. The van der Waals surface area contributed by atoms with Crippen molar-refractivity contribution in [1.29, 1.82) is 0 Å². The number of amides is 2. The summed E-state index contributed by atoms with van der Waals surface area (Å²) in [4.78, 5) is 40.4. The summed E-state index contributed by atoms with van der Waals surface area (Å²) in [5.74, 6) is -1.98. The standard InChI is InChI=1S/C13H16N4O4/c14-7-9-5-8(1-2-15-9)13(21)17-4-3-16-12(20)10(17)6-11(18)19/h1-2,5,10H,3-4,6-7,14H2,(H,16,20)(H,18,19). The molecule has 21 heavy (non-hydrogen) atoms. The van der Waals surface area contributed by atoms with Gasteiger partial charge in [-0.15, -0.1) is 0 Å². The highest BCUT2D eigenvalue weighted by atomic mass is 16.4. The van der Waals surface area contributed by atoms with Crippen LogP contribution in [0.3, 0.4) is 0 Å². The molecule has 2 heterocycles. The number of hydrogen-bond acceptors (Lipinski definition) is 5. The van der Waals surface area contributed by atoms with E-state index in [0.717, 1.165) is 0 Å². The van der Waals surface area contributed by atoms with E-state index in [1.807, 2.05) is 0 Å². The molecule has 1 aromatic rings. The Morgan fingerprint density at radius 3 is 2.95 bits per heavy atom. The zero-order valence-corrected chi connectivity index (χ0v) is 11.3. The van der Waals surface area contributed by atoms with Crippen molar-refractivity contribution in [1.82, 2.24) is 15.2 Å². The third-order valence-electron chi connectivity index (χ3n) is 3.23. The number of piperazine rings is 1. The van der Waals surface area contributed by atoms with Crippen molar-refractivity contribution in [3.8, 4) is 0 Å². The summed E-state index contributed by atoms with van der Waals surface area (Å²) in [6.07, 6.45) is 1.04. The van der Waals surface area contributed by atoms with Gasteiger partial charge in [-0.2, -0.15) is 0 Å². The van der Waals surface area contributed by atoms with Crippen LogP contribution in [-0.4, -0.2) is 51.9 Å². The summed E-state index contributed by atoms with van der Waals surface area (Å²) < 4.78 is 0. The Kier molecular flexibility index (Phi) is 4.49. The Morgan fingerprint density at radius 2 is 2.29 bits per heavy atom. The van der Waals surface area contributed by atoms with Crippen molar-refractivity contribution < 1.29 is 19.5 Å². The molecule has 1 aliphatic rings. The third kappa shape index (κ3) is 3.34. The molecule has 1 aromatic heterocycles. The Morgan fingerprint density at radius 1 is 1.52 bits per heavy atom. The van der Waals surface area contributed by atoms with Gasteiger partial charge in [0.1, 0.15) is 6.04 Å². The molecule has 1 aliphatic heterocycles. The molecule has 2 rings (SSSR count). The van der Waals surface area contributed by atoms with Crippen LogP contribution in [-0.2, 0) is 16.1 Å². The number of nitrogens with one attached hydrogen (secondary N) is 1. The summed E-state index contributed by atoms with van der Waals surface area (Å²) in [5, 5.41) is 11.5. The maximum absolute atomic E-state index is 12.5. The first-order valence-corrected chi connectivity index (χ1v) is 6.48. The highest BCUT2D eigenvalue weighted by Crippen LogP contribution is 2.14. The average Bonchev–Trinajstić information content (AvgIpc) is 2.48. The molecule has 112 valence electrons. The van der Waals surface area contributed by atoms with Crippen molar-refractivity contribution in [3.05, 3.63) is 29.6 Å². The number of pyridine rings is 1. The zero-order chi connectivity index (χ0) is 15.4. The number of nitrogens with two attached hydrogens (primary N) is 1. The highest BCUT2D eigenvalue weighted by molar-refractivity contribution is 5.99. The van der Waals surface area contributed by atoms with E-state index >= 15 is 0 Å². The Hall–Kier alpha value is -2.48. The number of carbonyl (C=O) groups is 3. The highest BCUT2D eigenvalue weighted by Gasteiger charge is 2.35. The van der Waals surface area contributed by atoms with Crippen LogP contribution in [0.5, 0.6) is 0 Å². The van der Waals surface area contributed by atoms with E-state index in [0.29, 0.717) is 17.8 Å². The molecule has 2 amide bonds. The first-order valence-electron chi connectivity index (χ1n) is 6.48. The molecule has 1 unspecified atom stereocenters. The third-order valence-corrected chi connectivity index (χ3v) is 3.23. The van der Waals surface area contributed by atoms with Gasteiger partial charge in [0, 0.05) is 31.4 Å². The SMILES string of the molecule is NCc1cc(C(=O)N2CCNC(=O)C2CC(=O)O)ccn1. The fourth-order valence-corrected chi connectivity index (χ4v) is 2.21. The van der Waals surface area contributed by atoms with Crippen LogP contribution in [0.15, 0.2) is 18.3 Å². The van der Waals surface area contributed by atoms with Crippen molar-refractivity contribution in [2.24, 2.45) is 5.73 Å². The van der Waals surface area contributed by atoms with Gasteiger partial charge in [0.25, 0.3) is 5.91 Å². The van der Waals surface area contributed by atoms with Crippen LogP contribution in [0.1, 0.15) is 22.5 Å². The molecule has 4 N–H and O–H groups in total. The fourth-order valence-electron chi connectivity index (χ4n) is 2.21. The van der Waals surface area contributed by atoms with E-state index in [1.54, 1.807) is 6.07 Å². The molecule has 0 bridgehead atoms. The van der Waals surface area contributed by atoms with Gasteiger partial charge in [-0.3, -0.25) is 19.4 Å². The minimum absolute atomic E-state index is 0.195. The number of aromatic nitrogens is 1. The molecule has 1 saturated heterocycles. The van der Waals surface area contributed by atoms with Crippen LogP contribution in [0.25, 0.3) is 0 Å². The van der Waals surface area contributed by atoms with Crippen LogP contribution < -0.4 is 11.1 Å². The van der Waals surface area contributed by atoms with E-state index in [-0.39, 0.29) is 13.1 Å². The van der Waals surface area contributed by atoms with E-state index in [4.69, 9.17) is 10.8 Å². The second-order valence-corrected chi connectivity index (χ2v) is 4.64. The maximum atomic E-state index is 12.5. The van der Waals surface area contributed by atoms with Crippen molar-refractivity contribution >= 4 is 17.8 Å². The summed E-state index contributed by atoms with van der Waals surface area (Å²) in [7, 11) is 0. The van der Waals surface area contributed by atoms with Crippen molar-refractivity contribution in [3.63, 3.8) is 0 Å². The molecule has 0 radical (unpaired) electrons. The Labute approximate surface area is 120 Å².